The molecule has 0 radical (unpaired) electrons. The van der Waals surface area contributed by atoms with Crippen LogP contribution in [0.1, 0.15) is 103 Å². The first-order valence-electron chi connectivity index (χ1n) is 27.6. The third kappa shape index (κ3) is 17.1. The lowest BCUT2D eigenvalue weighted by Crippen LogP contribution is -2.64. The normalized spacial score (nSPS) is 15.1. The molecule has 1 fully saturated rings. The maximum absolute atomic E-state index is 11.9. The second-order valence-electron chi connectivity index (χ2n) is 22.0. The standard InChI is InChI=1S/C17H20N2S.C14H23NO.C13H18O2.C11H16N2O3.C8H10N4O2/c1-13(18(2)3)12-19-14-8-4-6-10-16(14)20-17-11-7-5-9-15(17)19;1-5-14(11(2)10-15(3)4)12-7-6-8-13(16)9-12;1-9(2)8-11-4-6-12(7-5-11)10(3)13(14)15;1-4-6-11(7(3)5-2)8(14)12-10(16)13-9(11)15;1-10-4-9-6-5(10)7(13)12(3)8(14)11(6)2/h4-11,13H,12H2,1-3H3;6-9,11,14,16H,5,10H2,1-4H3;4-7,9-10H,8H2,1-3H3,(H,14,15);4,7H,1,5-6H2,2-3H3,(H2,12,13,14,15,16);4H,1-3H3/t;11-,14+;;;/m.0.../s1. The fraction of sp³-hybridized carbons (Fsp3) is 0.444. The third-order valence-electron chi connectivity index (χ3n) is 14.9. The van der Waals surface area contributed by atoms with Crippen LogP contribution in [0.2, 0.25) is 0 Å². The number of hydrogen-bond donors (Lipinski definition) is 4. The minimum absolute atomic E-state index is 0.154. The molecule has 6 aromatic rings. The Labute approximate surface area is 483 Å². The Morgan fingerprint density at radius 2 is 1.33 bits per heavy atom. The van der Waals surface area contributed by atoms with E-state index in [1.54, 1.807) is 31.7 Å². The molecular weight excluding hydrogens is 1040 g/mol. The van der Waals surface area contributed by atoms with E-state index in [0.29, 0.717) is 47.1 Å². The van der Waals surface area contributed by atoms with Crippen molar-refractivity contribution in [2.24, 2.45) is 44.3 Å². The Hall–Kier alpha value is -7.28. The number of nitrogens with zero attached hydrogens (tertiary/aromatic N) is 7. The lowest BCUT2D eigenvalue weighted by molar-refractivity contribution is -0.148. The summed E-state index contributed by atoms with van der Waals surface area (Å²) in [5, 5.41) is 22.6. The van der Waals surface area contributed by atoms with Gasteiger partial charge in [0.15, 0.2) is 11.2 Å². The molecular formula is C63H87N9O8S. The molecule has 0 spiro atoms. The third-order valence-corrected chi connectivity index (χ3v) is 16.1. The monoisotopic (exact) mass is 1130 g/mol. The molecule has 2 aliphatic rings. The molecule has 4 heterocycles. The number of hydrogen-bond acceptors (Lipinski definition) is 12. The van der Waals surface area contributed by atoms with Gasteiger partial charge in [0.25, 0.3) is 5.56 Å². The number of para-hydroxylation sites is 2. The molecule has 0 bridgehead atoms. The average Bonchev–Trinajstić information content (AvgIpc) is 3.85. The van der Waals surface area contributed by atoms with E-state index in [1.165, 1.54) is 56.3 Å². The predicted molar refractivity (Wildman–Crippen MR) is 327 cm³/mol. The van der Waals surface area contributed by atoms with Gasteiger partial charge in [0.05, 0.1) is 23.6 Å². The van der Waals surface area contributed by atoms with Crippen LogP contribution in [0.25, 0.3) is 11.2 Å². The zero-order valence-corrected chi connectivity index (χ0v) is 51.0. The highest BCUT2D eigenvalue weighted by Gasteiger charge is 2.52. The minimum atomic E-state index is -1.20. The quantitative estimate of drug-likeness (QED) is 0.0527. The number of carboxylic acid groups (broad SMARTS) is 1. The van der Waals surface area contributed by atoms with Gasteiger partial charge in [0, 0.05) is 50.1 Å². The van der Waals surface area contributed by atoms with Gasteiger partial charge in [-0.1, -0.05) is 126 Å². The van der Waals surface area contributed by atoms with Crippen LogP contribution in [0.5, 0.6) is 5.75 Å². The number of carbonyl (C=O) groups excluding carboxylic acids is 3. The van der Waals surface area contributed by atoms with Crippen LogP contribution >= 0.6 is 11.8 Å². The summed E-state index contributed by atoms with van der Waals surface area (Å²) in [6.45, 7) is 22.2. The number of carboxylic acids is 1. The number of anilines is 2. The highest BCUT2D eigenvalue weighted by atomic mass is 32.2. The van der Waals surface area contributed by atoms with Gasteiger partial charge >= 0.3 is 17.7 Å². The summed E-state index contributed by atoms with van der Waals surface area (Å²) in [6, 6.07) is 32.6. The largest absolute Gasteiger partial charge is 0.508 e. The Kier molecular flexibility index (Phi) is 25.0. The van der Waals surface area contributed by atoms with E-state index in [0.717, 1.165) is 36.1 Å². The van der Waals surface area contributed by atoms with Crippen molar-refractivity contribution in [2.45, 2.75) is 109 Å². The van der Waals surface area contributed by atoms with Crippen LogP contribution in [-0.4, -0.2) is 110 Å². The summed E-state index contributed by atoms with van der Waals surface area (Å²) in [4.78, 5) is 82.3. The molecule has 4 amide bonds. The number of rotatable bonds is 16. The van der Waals surface area contributed by atoms with Gasteiger partial charge in [-0.2, -0.15) is 0 Å². The molecule has 2 aliphatic heterocycles. The zero-order chi connectivity index (χ0) is 60.5. The molecule has 0 aliphatic carbocycles. The van der Waals surface area contributed by atoms with Crippen molar-refractivity contribution in [1.82, 2.24) is 39.1 Å². The molecule has 2 aromatic heterocycles. The van der Waals surface area contributed by atoms with Crippen molar-refractivity contribution < 1.29 is 29.4 Å². The Morgan fingerprint density at radius 1 is 0.765 bits per heavy atom. The molecule has 8 rings (SSSR count). The average molecular weight is 1130 g/mol. The number of amides is 4. The number of aryl methyl sites for hydroxylation is 2. The first-order valence-corrected chi connectivity index (χ1v) is 28.5. The summed E-state index contributed by atoms with van der Waals surface area (Å²) < 4.78 is 4.04. The number of benzene rings is 4. The fourth-order valence-electron chi connectivity index (χ4n) is 9.83. The SMILES string of the molecule is C=CCC1(C(C)CC)C(=O)NC(=O)NC1=O.CC(C)Cc1ccc(C(C)C(=O)O)cc1.CC(CN1c2ccccc2Sc2ccccc21)N(C)C.CC[C@@H](c1cccc(O)c1)[C@@H](C)CN(C)C.Cn1c(=O)c2c(ncn2C)n(C)c1=O. The van der Waals surface area contributed by atoms with Crippen LogP contribution in [0.3, 0.4) is 0 Å². The molecule has 1 saturated heterocycles. The Balaban J connectivity index is 0.000000219. The number of likely N-dealkylation sites (N-methyl/N-ethyl adjacent to an activating group) is 1. The van der Waals surface area contributed by atoms with Gasteiger partial charge in [-0.15, -0.1) is 6.58 Å². The number of phenolic OH excluding ortho intramolecular Hbond substituents is 1. The van der Waals surface area contributed by atoms with E-state index in [2.05, 4.69) is 154 Å². The van der Waals surface area contributed by atoms with Crippen LogP contribution < -0.4 is 26.8 Å². The molecule has 438 valence electrons. The number of barbiturate groups is 1. The molecule has 3 unspecified atom stereocenters. The first kappa shape index (κ1) is 66.2. The zero-order valence-electron chi connectivity index (χ0n) is 50.2. The number of urea groups is 1. The number of aliphatic carboxylic acids is 1. The van der Waals surface area contributed by atoms with E-state index in [-0.39, 0.29) is 23.6 Å². The van der Waals surface area contributed by atoms with Gasteiger partial charge in [0.1, 0.15) is 11.2 Å². The lowest BCUT2D eigenvalue weighted by atomic mass is 9.70. The van der Waals surface area contributed by atoms with Crippen LogP contribution in [-0.2, 0) is 41.9 Å². The van der Waals surface area contributed by atoms with E-state index in [1.807, 2.05) is 62.0 Å². The predicted octanol–water partition coefficient (Wildman–Crippen LogP) is 10.3. The van der Waals surface area contributed by atoms with Crippen molar-refractivity contribution in [3.05, 3.63) is 154 Å². The molecule has 4 N–H and O–H groups in total. The number of allylic oxidation sites excluding steroid dienone is 1. The molecule has 17 nitrogen and oxygen atoms in total. The number of phenols is 1. The van der Waals surface area contributed by atoms with Crippen LogP contribution in [0.4, 0.5) is 16.2 Å². The smallest absolute Gasteiger partial charge is 0.332 e. The summed E-state index contributed by atoms with van der Waals surface area (Å²) in [6.07, 6.45) is 6.10. The molecule has 0 saturated carbocycles. The van der Waals surface area contributed by atoms with Gasteiger partial charge in [-0.25, -0.2) is 14.6 Å². The summed E-state index contributed by atoms with van der Waals surface area (Å²) in [5.74, 6) is -0.286. The molecule has 5 atom stereocenters. The van der Waals surface area contributed by atoms with Crippen molar-refractivity contribution in [2.75, 3.05) is 46.2 Å². The first-order chi connectivity index (χ1) is 38.2. The number of fused-ring (bicyclic) bond motifs is 3. The van der Waals surface area contributed by atoms with Crippen LogP contribution in [0.15, 0.2) is 135 Å². The second kappa shape index (κ2) is 30.5. The number of carbonyl (C=O) groups is 4. The van der Waals surface area contributed by atoms with Gasteiger partial charge in [-0.3, -0.25) is 38.9 Å². The van der Waals surface area contributed by atoms with E-state index in [4.69, 9.17) is 5.11 Å². The summed E-state index contributed by atoms with van der Waals surface area (Å²) >= 11 is 1.87. The van der Waals surface area contributed by atoms with E-state index in [9.17, 15) is 33.9 Å². The van der Waals surface area contributed by atoms with Crippen molar-refractivity contribution in [1.29, 1.82) is 0 Å². The summed E-state index contributed by atoms with van der Waals surface area (Å²) in [7, 11) is 13.3. The van der Waals surface area contributed by atoms with Crippen molar-refractivity contribution in [3.8, 4) is 5.75 Å². The van der Waals surface area contributed by atoms with Gasteiger partial charge < -0.3 is 29.5 Å². The highest BCUT2D eigenvalue weighted by molar-refractivity contribution is 7.99. The highest BCUT2D eigenvalue weighted by Crippen LogP contribution is 2.48. The maximum Gasteiger partial charge on any atom is 0.332 e. The second-order valence-corrected chi connectivity index (χ2v) is 23.0. The maximum atomic E-state index is 11.9. The topological polar surface area (TPSA) is 204 Å². The molecule has 18 heteroatoms. The number of aromatic nitrogens is 4. The molecule has 4 aromatic carbocycles. The number of imidazole rings is 1. The fourth-order valence-corrected chi connectivity index (χ4v) is 10.9. The molecule has 81 heavy (non-hydrogen) atoms. The van der Waals surface area contributed by atoms with Crippen LogP contribution in [0, 0.1) is 23.2 Å². The number of nitrogens with one attached hydrogen (secondary N) is 2. The number of aromatic hydroxyl groups is 1. The van der Waals surface area contributed by atoms with Gasteiger partial charge in [-0.05, 0) is 138 Å². The van der Waals surface area contributed by atoms with Crippen molar-refractivity contribution >= 4 is 58.1 Å². The van der Waals surface area contributed by atoms with Gasteiger partial charge in [0.2, 0.25) is 11.8 Å². The minimum Gasteiger partial charge on any atom is -0.508 e. The van der Waals surface area contributed by atoms with E-state index < -0.39 is 35.1 Å². The summed E-state index contributed by atoms with van der Waals surface area (Å²) in [5.41, 5.74) is 5.01. The Bertz CT molecular complexity index is 3130. The van der Waals surface area contributed by atoms with Crippen molar-refractivity contribution in [3.63, 3.8) is 0 Å². The lowest BCUT2D eigenvalue weighted by Gasteiger charge is -2.37. The number of imide groups is 2. The Morgan fingerprint density at radius 3 is 1.81 bits per heavy atom. The van der Waals surface area contributed by atoms with E-state index >= 15 is 0 Å².